The van der Waals surface area contributed by atoms with Crippen LogP contribution in [0.25, 0.3) is 10.9 Å². The molecule has 0 radical (unpaired) electrons. The first kappa shape index (κ1) is 24.0. The molecule has 35 heavy (non-hydrogen) atoms. The highest BCUT2D eigenvalue weighted by molar-refractivity contribution is 5.93. The second kappa shape index (κ2) is 10.0. The summed E-state index contributed by atoms with van der Waals surface area (Å²) in [7, 11) is 0. The maximum Gasteiger partial charge on any atom is 0.271 e. The van der Waals surface area contributed by atoms with E-state index in [1.54, 1.807) is 4.90 Å². The number of aromatic nitrogens is 2. The molecule has 3 aromatic rings. The third-order valence-corrected chi connectivity index (χ3v) is 6.16. The summed E-state index contributed by atoms with van der Waals surface area (Å²) in [5.74, 6) is -0.328. The van der Waals surface area contributed by atoms with Crippen molar-refractivity contribution in [3.8, 4) is 0 Å². The summed E-state index contributed by atoms with van der Waals surface area (Å²) in [6, 6.07) is 9.68. The number of rotatable bonds is 6. The molecule has 1 aliphatic rings. The first-order valence-electron chi connectivity index (χ1n) is 11.2. The minimum absolute atomic E-state index is 0.101. The fraction of sp³-hybridized carbons (Fsp3) is 0.333. The number of anilines is 1. The standard InChI is InChI=1S/C24H26N6O5/c1-16-4-3-5-17(2)23(16)26-21(31)13-27-8-10-28(11-9-27)22(32)14-29-15-25-20-12-18(30(34)35)6-7-19(20)24(29)33/h3-7,12,15H,8-11,13-14H2,1-2H3,(H,26,31). The van der Waals surface area contributed by atoms with Crippen LogP contribution in [0.4, 0.5) is 11.4 Å². The highest BCUT2D eigenvalue weighted by Crippen LogP contribution is 2.19. The van der Waals surface area contributed by atoms with Gasteiger partial charge in [-0.05, 0) is 31.0 Å². The molecule has 0 spiro atoms. The van der Waals surface area contributed by atoms with Gasteiger partial charge in [-0.2, -0.15) is 0 Å². The van der Waals surface area contributed by atoms with Gasteiger partial charge < -0.3 is 10.2 Å². The maximum absolute atomic E-state index is 12.8. The highest BCUT2D eigenvalue weighted by Gasteiger charge is 2.23. The molecular weight excluding hydrogens is 452 g/mol. The largest absolute Gasteiger partial charge is 0.339 e. The predicted octanol–water partition coefficient (Wildman–Crippen LogP) is 1.70. The Hall–Kier alpha value is -4.12. The molecule has 2 heterocycles. The van der Waals surface area contributed by atoms with Crippen LogP contribution >= 0.6 is 0 Å². The summed E-state index contributed by atoms with van der Waals surface area (Å²) in [6.07, 6.45) is 1.24. The Morgan fingerprint density at radius 3 is 2.40 bits per heavy atom. The molecular formula is C24H26N6O5. The van der Waals surface area contributed by atoms with E-state index in [4.69, 9.17) is 0 Å². The van der Waals surface area contributed by atoms with Gasteiger partial charge in [0.25, 0.3) is 11.2 Å². The molecule has 1 saturated heterocycles. The van der Waals surface area contributed by atoms with Crippen LogP contribution in [0.3, 0.4) is 0 Å². The minimum atomic E-state index is -0.552. The third kappa shape index (κ3) is 5.35. The van der Waals surface area contributed by atoms with Crippen LogP contribution in [0.1, 0.15) is 11.1 Å². The Morgan fingerprint density at radius 2 is 1.74 bits per heavy atom. The second-order valence-electron chi connectivity index (χ2n) is 8.61. The zero-order valence-electron chi connectivity index (χ0n) is 19.6. The van der Waals surface area contributed by atoms with E-state index in [0.29, 0.717) is 26.2 Å². The number of fused-ring (bicyclic) bond motifs is 1. The van der Waals surface area contributed by atoms with Gasteiger partial charge in [-0.1, -0.05) is 18.2 Å². The van der Waals surface area contributed by atoms with Crippen molar-refractivity contribution < 1.29 is 14.5 Å². The number of carbonyl (C=O) groups is 2. The lowest BCUT2D eigenvalue weighted by Gasteiger charge is -2.34. The zero-order chi connectivity index (χ0) is 25.1. The Morgan fingerprint density at radius 1 is 1.06 bits per heavy atom. The average molecular weight is 479 g/mol. The van der Waals surface area contributed by atoms with Gasteiger partial charge >= 0.3 is 0 Å². The molecule has 2 amide bonds. The summed E-state index contributed by atoms with van der Waals surface area (Å²) in [5, 5.41) is 14.1. The van der Waals surface area contributed by atoms with E-state index in [9.17, 15) is 24.5 Å². The topological polar surface area (TPSA) is 131 Å². The van der Waals surface area contributed by atoms with Crippen LogP contribution in [0.15, 0.2) is 47.5 Å². The lowest BCUT2D eigenvalue weighted by Crippen LogP contribution is -2.51. The van der Waals surface area contributed by atoms with Gasteiger partial charge in [-0.25, -0.2) is 4.98 Å². The number of hydrogen-bond acceptors (Lipinski definition) is 7. The van der Waals surface area contributed by atoms with E-state index < -0.39 is 10.5 Å². The average Bonchev–Trinajstić information content (AvgIpc) is 2.83. The molecule has 1 N–H and O–H groups in total. The van der Waals surface area contributed by atoms with E-state index in [1.165, 1.54) is 29.1 Å². The Labute approximate surface area is 201 Å². The molecule has 0 saturated carbocycles. The number of benzene rings is 2. The van der Waals surface area contributed by atoms with Crippen molar-refractivity contribution in [2.45, 2.75) is 20.4 Å². The van der Waals surface area contributed by atoms with E-state index in [1.807, 2.05) is 36.9 Å². The molecule has 11 nitrogen and oxygen atoms in total. The predicted molar refractivity (Wildman–Crippen MR) is 130 cm³/mol. The molecule has 1 aromatic heterocycles. The Bertz CT molecular complexity index is 1340. The van der Waals surface area contributed by atoms with Crippen molar-refractivity contribution in [2.24, 2.45) is 0 Å². The number of hydrogen-bond donors (Lipinski definition) is 1. The first-order chi connectivity index (χ1) is 16.7. The van der Waals surface area contributed by atoms with Crippen molar-refractivity contribution in [1.82, 2.24) is 19.4 Å². The fourth-order valence-corrected chi connectivity index (χ4v) is 4.17. The number of nitro groups is 1. The number of amides is 2. The van der Waals surface area contributed by atoms with Gasteiger partial charge in [-0.3, -0.25) is 34.0 Å². The highest BCUT2D eigenvalue weighted by atomic mass is 16.6. The van der Waals surface area contributed by atoms with Crippen molar-refractivity contribution >= 4 is 34.1 Å². The summed E-state index contributed by atoms with van der Waals surface area (Å²) < 4.78 is 1.21. The number of non-ortho nitro benzene ring substituents is 1. The minimum Gasteiger partial charge on any atom is -0.339 e. The molecule has 0 bridgehead atoms. The Kier molecular flexibility index (Phi) is 6.87. The molecule has 182 valence electrons. The maximum atomic E-state index is 12.8. The number of para-hydroxylation sites is 1. The van der Waals surface area contributed by atoms with Crippen molar-refractivity contribution in [3.05, 3.63) is 74.3 Å². The summed E-state index contributed by atoms with van der Waals surface area (Å²) in [5.41, 5.74) is 2.46. The van der Waals surface area contributed by atoms with Crippen molar-refractivity contribution in [1.29, 1.82) is 0 Å². The van der Waals surface area contributed by atoms with Gasteiger partial charge in [0.15, 0.2) is 0 Å². The first-order valence-corrected chi connectivity index (χ1v) is 11.2. The van der Waals surface area contributed by atoms with Gasteiger partial charge in [0.2, 0.25) is 11.8 Å². The van der Waals surface area contributed by atoms with Gasteiger partial charge in [0.1, 0.15) is 6.54 Å². The van der Waals surface area contributed by atoms with Crippen LogP contribution in [0.5, 0.6) is 0 Å². The van der Waals surface area contributed by atoms with Crippen LogP contribution in [-0.4, -0.2) is 68.8 Å². The molecule has 11 heteroatoms. The second-order valence-corrected chi connectivity index (χ2v) is 8.61. The molecule has 1 aliphatic heterocycles. The number of carbonyl (C=O) groups excluding carboxylic acids is 2. The number of aryl methyl sites for hydroxylation is 2. The molecule has 2 aromatic carbocycles. The van der Waals surface area contributed by atoms with Crippen LogP contribution in [0, 0.1) is 24.0 Å². The lowest BCUT2D eigenvalue weighted by atomic mass is 10.1. The lowest BCUT2D eigenvalue weighted by molar-refractivity contribution is -0.384. The van der Waals surface area contributed by atoms with E-state index in [2.05, 4.69) is 10.3 Å². The van der Waals surface area contributed by atoms with Gasteiger partial charge in [0.05, 0.1) is 28.7 Å². The molecule has 4 rings (SSSR count). The van der Waals surface area contributed by atoms with E-state index in [-0.39, 0.29) is 41.5 Å². The number of nitrogens with one attached hydrogen (secondary N) is 1. The SMILES string of the molecule is Cc1cccc(C)c1NC(=O)CN1CCN(C(=O)Cn2cnc3cc([N+](=O)[O-])ccc3c2=O)CC1. The van der Waals surface area contributed by atoms with E-state index in [0.717, 1.165) is 16.8 Å². The van der Waals surface area contributed by atoms with Gasteiger partial charge in [-0.15, -0.1) is 0 Å². The third-order valence-electron chi connectivity index (χ3n) is 6.16. The fourth-order valence-electron chi connectivity index (χ4n) is 4.17. The number of nitrogens with zero attached hydrogens (tertiary/aromatic N) is 5. The van der Waals surface area contributed by atoms with Crippen LogP contribution < -0.4 is 10.9 Å². The molecule has 0 atom stereocenters. The number of piperazine rings is 1. The van der Waals surface area contributed by atoms with Crippen molar-refractivity contribution in [2.75, 3.05) is 38.0 Å². The van der Waals surface area contributed by atoms with Crippen molar-refractivity contribution in [3.63, 3.8) is 0 Å². The summed E-state index contributed by atoms with van der Waals surface area (Å²) >= 11 is 0. The van der Waals surface area contributed by atoms with Crippen LogP contribution in [0.2, 0.25) is 0 Å². The number of nitro benzene ring substituents is 1. The monoisotopic (exact) mass is 478 g/mol. The summed E-state index contributed by atoms with van der Waals surface area (Å²) in [6.45, 7) is 5.93. The zero-order valence-corrected chi connectivity index (χ0v) is 19.6. The Balaban J connectivity index is 1.33. The quantitative estimate of drug-likeness (QED) is 0.421. The molecule has 1 fully saturated rings. The normalized spacial score (nSPS) is 14.2. The van der Waals surface area contributed by atoms with Crippen LogP contribution in [-0.2, 0) is 16.1 Å². The van der Waals surface area contributed by atoms with E-state index >= 15 is 0 Å². The molecule has 0 aliphatic carbocycles. The summed E-state index contributed by atoms with van der Waals surface area (Å²) in [4.78, 5) is 56.2. The van der Waals surface area contributed by atoms with Gasteiger partial charge in [0, 0.05) is 44.0 Å². The molecule has 0 unspecified atom stereocenters. The smallest absolute Gasteiger partial charge is 0.271 e.